The van der Waals surface area contributed by atoms with Gasteiger partial charge in [-0.15, -0.1) is 0 Å². The van der Waals surface area contributed by atoms with E-state index in [-0.39, 0.29) is 6.61 Å². The molecule has 0 aliphatic heterocycles. The molecule has 0 bridgehead atoms. The second-order valence-electron chi connectivity index (χ2n) is 4.55. The lowest BCUT2D eigenvalue weighted by molar-refractivity contribution is -0.105. The van der Waals surface area contributed by atoms with E-state index in [1.807, 2.05) is 19.1 Å². The maximum absolute atomic E-state index is 11.1. The Labute approximate surface area is 104 Å². The van der Waals surface area contributed by atoms with E-state index in [0.717, 1.165) is 36.7 Å². The van der Waals surface area contributed by atoms with Crippen molar-refractivity contribution in [1.82, 2.24) is 0 Å². The SMILES string of the molecule is CC(/C=C/C1=C(\C=O)CCCCCC1)=C\CO. The highest BCUT2D eigenvalue weighted by molar-refractivity contribution is 5.75. The molecule has 0 fully saturated rings. The van der Waals surface area contributed by atoms with Crippen LogP contribution in [-0.4, -0.2) is 18.0 Å². The van der Waals surface area contributed by atoms with Crippen molar-refractivity contribution in [2.24, 2.45) is 0 Å². The summed E-state index contributed by atoms with van der Waals surface area (Å²) in [6.07, 6.45) is 13.5. The van der Waals surface area contributed by atoms with Gasteiger partial charge < -0.3 is 5.11 Å². The van der Waals surface area contributed by atoms with E-state index in [4.69, 9.17) is 5.11 Å². The number of carbonyl (C=O) groups is 1. The maximum atomic E-state index is 11.1. The molecule has 1 aliphatic carbocycles. The Morgan fingerprint density at radius 3 is 2.41 bits per heavy atom. The molecule has 0 amide bonds. The summed E-state index contributed by atoms with van der Waals surface area (Å²) >= 11 is 0. The van der Waals surface area contributed by atoms with Gasteiger partial charge in [-0.3, -0.25) is 4.79 Å². The predicted octanol–water partition coefficient (Wildman–Crippen LogP) is 3.33. The van der Waals surface area contributed by atoms with E-state index in [1.165, 1.54) is 24.8 Å². The molecule has 1 aliphatic rings. The Bertz CT molecular complexity index is 335. The van der Waals surface area contributed by atoms with Crippen LogP contribution in [0.15, 0.2) is 34.9 Å². The Kier molecular flexibility index (Phi) is 6.56. The number of hydrogen-bond donors (Lipinski definition) is 1. The highest BCUT2D eigenvalue weighted by atomic mass is 16.2. The molecule has 0 heterocycles. The summed E-state index contributed by atoms with van der Waals surface area (Å²) in [5.74, 6) is 0. The molecular formula is C15H22O2. The fourth-order valence-electron chi connectivity index (χ4n) is 2.07. The van der Waals surface area contributed by atoms with Crippen molar-refractivity contribution >= 4 is 6.29 Å². The monoisotopic (exact) mass is 234 g/mol. The van der Waals surface area contributed by atoms with Crippen LogP contribution < -0.4 is 0 Å². The van der Waals surface area contributed by atoms with Gasteiger partial charge in [-0.2, -0.15) is 0 Å². The number of aldehydes is 1. The smallest absolute Gasteiger partial charge is 0.146 e. The fraction of sp³-hybridized carbons (Fsp3) is 0.533. The third-order valence-corrected chi connectivity index (χ3v) is 3.16. The van der Waals surface area contributed by atoms with E-state index in [2.05, 4.69) is 0 Å². The van der Waals surface area contributed by atoms with Gasteiger partial charge in [0.25, 0.3) is 0 Å². The van der Waals surface area contributed by atoms with Crippen molar-refractivity contribution < 1.29 is 9.90 Å². The van der Waals surface area contributed by atoms with Crippen molar-refractivity contribution in [3.05, 3.63) is 34.9 Å². The zero-order valence-corrected chi connectivity index (χ0v) is 10.6. The third kappa shape index (κ3) is 5.14. The van der Waals surface area contributed by atoms with Crippen molar-refractivity contribution in [2.75, 3.05) is 6.61 Å². The Morgan fingerprint density at radius 1 is 1.18 bits per heavy atom. The summed E-state index contributed by atoms with van der Waals surface area (Å²) in [7, 11) is 0. The molecule has 0 aromatic rings. The molecule has 0 spiro atoms. The van der Waals surface area contributed by atoms with Crippen molar-refractivity contribution in [3.63, 3.8) is 0 Å². The van der Waals surface area contributed by atoms with Crippen LogP contribution in [0.2, 0.25) is 0 Å². The van der Waals surface area contributed by atoms with Crippen LogP contribution in [0.25, 0.3) is 0 Å². The van der Waals surface area contributed by atoms with Crippen molar-refractivity contribution in [2.45, 2.75) is 45.4 Å². The number of allylic oxidation sites excluding steroid dienone is 5. The first-order valence-electron chi connectivity index (χ1n) is 6.41. The molecular weight excluding hydrogens is 212 g/mol. The largest absolute Gasteiger partial charge is 0.392 e. The van der Waals surface area contributed by atoms with Crippen molar-refractivity contribution in [3.8, 4) is 0 Å². The van der Waals surface area contributed by atoms with Gasteiger partial charge in [0.05, 0.1) is 6.61 Å². The molecule has 1 N–H and O–H groups in total. The number of carbonyl (C=O) groups excluding carboxylic acids is 1. The zero-order valence-electron chi connectivity index (χ0n) is 10.6. The first kappa shape index (κ1) is 13.9. The minimum absolute atomic E-state index is 0.0652. The average Bonchev–Trinajstić information content (AvgIpc) is 2.28. The summed E-state index contributed by atoms with van der Waals surface area (Å²) in [5, 5.41) is 8.78. The van der Waals surface area contributed by atoms with Gasteiger partial charge in [0.2, 0.25) is 0 Å². The van der Waals surface area contributed by atoms with Crippen LogP contribution in [0.3, 0.4) is 0 Å². The van der Waals surface area contributed by atoms with Gasteiger partial charge in [0, 0.05) is 0 Å². The normalized spacial score (nSPS) is 23.5. The minimum Gasteiger partial charge on any atom is -0.392 e. The molecule has 1 rings (SSSR count). The van der Waals surface area contributed by atoms with Gasteiger partial charge in [-0.25, -0.2) is 0 Å². The molecule has 2 nitrogen and oxygen atoms in total. The topological polar surface area (TPSA) is 37.3 Å². The summed E-state index contributed by atoms with van der Waals surface area (Å²) in [6, 6.07) is 0. The predicted molar refractivity (Wildman–Crippen MR) is 70.8 cm³/mol. The zero-order chi connectivity index (χ0) is 12.5. The molecule has 94 valence electrons. The minimum atomic E-state index is 0.0652. The summed E-state index contributed by atoms with van der Waals surface area (Å²) in [4.78, 5) is 11.1. The van der Waals surface area contributed by atoms with Gasteiger partial charge >= 0.3 is 0 Å². The molecule has 0 radical (unpaired) electrons. The van der Waals surface area contributed by atoms with Gasteiger partial charge in [-0.05, 0) is 43.8 Å². The molecule has 0 saturated carbocycles. The lowest BCUT2D eigenvalue weighted by Gasteiger charge is -2.12. The quantitative estimate of drug-likeness (QED) is 0.598. The molecule has 0 aromatic carbocycles. The van der Waals surface area contributed by atoms with E-state index in [1.54, 1.807) is 6.08 Å². The molecule has 0 saturated heterocycles. The number of aliphatic hydroxyl groups excluding tert-OH is 1. The van der Waals surface area contributed by atoms with E-state index in [9.17, 15) is 4.79 Å². The maximum Gasteiger partial charge on any atom is 0.146 e. The lowest BCUT2D eigenvalue weighted by atomic mass is 9.93. The number of hydrogen-bond acceptors (Lipinski definition) is 2. The van der Waals surface area contributed by atoms with Crippen LogP contribution in [0.1, 0.15) is 45.4 Å². The summed E-state index contributed by atoms with van der Waals surface area (Å²) in [6.45, 7) is 2.02. The number of aliphatic hydroxyl groups is 1. The summed E-state index contributed by atoms with van der Waals surface area (Å²) < 4.78 is 0. The van der Waals surface area contributed by atoms with Crippen LogP contribution in [-0.2, 0) is 4.79 Å². The fourth-order valence-corrected chi connectivity index (χ4v) is 2.07. The second kappa shape index (κ2) is 8.02. The van der Waals surface area contributed by atoms with E-state index < -0.39 is 0 Å². The standard InChI is InChI=1S/C15H22O2/c1-13(10-11-16)8-9-14-6-4-2-3-5-7-15(14)12-17/h8-10,12,16H,2-7,11H2,1H3/b9-8+,13-10+,15-14-. The summed E-state index contributed by atoms with van der Waals surface area (Å²) in [5.41, 5.74) is 3.16. The molecule has 0 atom stereocenters. The average molecular weight is 234 g/mol. The van der Waals surface area contributed by atoms with Gasteiger partial charge in [0.15, 0.2) is 0 Å². The van der Waals surface area contributed by atoms with Gasteiger partial charge in [-0.1, -0.05) is 36.6 Å². The first-order valence-corrected chi connectivity index (χ1v) is 6.41. The molecule has 2 heteroatoms. The van der Waals surface area contributed by atoms with Crippen LogP contribution in [0, 0.1) is 0 Å². The van der Waals surface area contributed by atoms with Crippen LogP contribution >= 0.6 is 0 Å². The third-order valence-electron chi connectivity index (χ3n) is 3.16. The lowest BCUT2D eigenvalue weighted by Crippen LogP contribution is -1.97. The van der Waals surface area contributed by atoms with Gasteiger partial charge in [0.1, 0.15) is 6.29 Å². The molecule has 0 unspecified atom stereocenters. The highest BCUT2D eigenvalue weighted by Gasteiger charge is 2.07. The van der Waals surface area contributed by atoms with Crippen LogP contribution in [0.4, 0.5) is 0 Å². The number of rotatable bonds is 4. The van der Waals surface area contributed by atoms with E-state index in [0.29, 0.717) is 0 Å². The highest BCUT2D eigenvalue weighted by Crippen LogP contribution is 2.23. The molecule has 0 aromatic heterocycles. The van der Waals surface area contributed by atoms with E-state index >= 15 is 0 Å². The first-order chi connectivity index (χ1) is 8.27. The second-order valence-corrected chi connectivity index (χ2v) is 4.55. The Balaban J connectivity index is 2.81. The van der Waals surface area contributed by atoms with Crippen molar-refractivity contribution in [1.29, 1.82) is 0 Å². The van der Waals surface area contributed by atoms with Crippen LogP contribution in [0.5, 0.6) is 0 Å². The molecule has 17 heavy (non-hydrogen) atoms. The Morgan fingerprint density at radius 2 is 1.82 bits per heavy atom. The Hall–Kier alpha value is -1.15.